The number of carbonyl (C=O) groups excluding carboxylic acids is 1. The van der Waals surface area contributed by atoms with Crippen LogP contribution in [0.15, 0.2) is 36.4 Å². The maximum absolute atomic E-state index is 12.9. The zero-order chi connectivity index (χ0) is 18.6. The van der Waals surface area contributed by atoms with E-state index >= 15 is 0 Å². The molecule has 0 unspecified atom stereocenters. The number of nitrogens with one attached hydrogen (secondary N) is 2. The average Bonchev–Trinajstić information content (AvgIpc) is 2.54. The fourth-order valence-electron chi connectivity index (χ4n) is 1.95. The first-order valence-corrected chi connectivity index (χ1v) is 7.59. The molecule has 0 aliphatic rings. The number of benzene rings is 2. The van der Waals surface area contributed by atoms with Crippen LogP contribution >= 0.6 is 23.8 Å². The Hall–Kier alpha value is -2.71. The van der Waals surface area contributed by atoms with Crippen molar-refractivity contribution in [2.24, 2.45) is 0 Å². The van der Waals surface area contributed by atoms with Crippen LogP contribution in [0, 0.1) is 5.82 Å². The summed E-state index contributed by atoms with van der Waals surface area (Å²) in [6.45, 7) is 0. The highest BCUT2D eigenvalue weighted by atomic mass is 35.5. The Morgan fingerprint density at radius 3 is 2.40 bits per heavy atom. The molecule has 2 rings (SSSR count). The predicted molar refractivity (Wildman–Crippen MR) is 95.1 cm³/mol. The van der Waals surface area contributed by atoms with Crippen molar-refractivity contribution in [3.63, 3.8) is 0 Å². The minimum absolute atomic E-state index is 0.0672. The van der Waals surface area contributed by atoms with Gasteiger partial charge in [0.05, 0.1) is 23.4 Å². The highest BCUT2D eigenvalue weighted by Crippen LogP contribution is 2.34. The van der Waals surface area contributed by atoms with Crippen LogP contribution in [0.25, 0.3) is 0 Å². The molecule has 0 radical (unpaired) electrons. The number of anilines is 1. The van der Waals surface area contributed by atoms with Gasteiger partial charge in [0.1, 0.15) is 5.82 Å². The molecule has 1 amide bonds. The highest BCUT2D eigenvalue weighted by molar-refractivity contribution is 7.80. The van der Waals surface area contributed by atoms with Gasteiger partial charge in [0.15, 0.2) is 10.9 Å². The summed E-state index contributed by atoms with van der Waals surface area (Å²) in [5.74, 6) is -2.04. The van der Waals surface area contributed by atoms with Crippen molar-refractivity contribution < 1.29 is 23.8 Å². The van der Waals surface area contributed by atoms with E-state index in [2.05, 4.69) is 10.6 Å². The second-order valence-electron chi connectivity index (χ2n) is 4.76. The fourth-order valence-corrected chi connectivity index (χ4v) is 2.45. The topological polar surface area (TPSA) is 87.7 Å². The minimum Gasteiger partial charge on any atom is -0.493 e. The largest absolute Gasteiger partial charge is 0.493 e. The third kappa shape index (κ3) is 4.65. The number of thiocarbonyl (C=S) groups is 1. The average molecular weight is 383 g/mol. The first kappa shape index (κ1) is 18.6. The van der Waals surface area contributed by atoms with Gasteiger partial charge in [0.2, 0.25) is 0 Å². The molecule has 130 valence electrons. The number of methoxy groups -OCH3 is 1. The summed E-state index contributed by atoms with van der Waals surface area (Å²) in [5, 5.41) is 14.1. The van der Waals surface area contributed by atoms with Gasteiger partial charge in [-0.2, -0.15) is 0 Å². The predicted octanol–water partition coefficient (Wildman–Crippen LogP) is 3.31. The van der Waals surface area contributed by atoms with Crippen LogP contribution in [-0.4, -0.2) is 29.2 Å². The molecule has 0 aliphatic heterocycles. The Kier molecular flexibility index (Phi) is 5.89. The van der Waals surface area contributed by atoms with Gasteiger partial charge in [0, 0.05) is 5.56 Å². The van der Waals surface area contributed by atoms with E-state index in [9.17, 15) is 14.0 Å². The van der Waals surface area contributed by atoms with E-state index in [0.717, 1.165) is 12.1 Å². The summed E-state index contributed by atoms with van der Waals surface area (Å²) >= 11 is 11.0. The van der Waals surface area contributed by atoms with Crippen molar-refractivity contribution in [1.29, 1.82) is 0 Å². The molecule has 3 N–H and O–H groups in total. The summed E-state index contributed by atoms with van der Waals surface area (Å²) in [5.41, 5.74) is 0.299. The van der Waals surface area contributed by atoms with Crippen molar-refractivity contribution in [1.82, 2.24) is 5.32 Å². The number of carboxylic acid groups (broad SMARTS) is 1. The van der Waals surface area contributed by atoms with Gasteiger partial charge >= 0.3 is 5.97 Å². The van der Waals surface area contributed by atoms with Crippen LogP contribution in [-0.2, 0) is 0 Å². The standard InChI is InChI=1S/C16H12ClFN2O4S/c1-24-13-11(17)6-9(15(22)23)7-12(13)19-16(25)20-14(21)8-2-4-10(18)5-3-8/h2-7H,1H3,(H,22,23)(H2,19,20,21,25). The fraction of sp³-hybridized carbons (Fsp3) is 0.0625. The second kappa shape index (κ2) is 7.91. The van der Waals surface area contributed by atoms with Crippen molar-refractivity contribution in [2.45, 2.75) is 0 Å². The van der Waals surface area contributed by atoms with E-state index in [1.807, 2.05) is 0 Å². The molecule has 9 heteroatoms. The van der Waals surface area contributed by atoms with Crippen molar-refractivity contribution in [3.8, 4) is 5.75 Å². The molecule has 0 aliphatic carbocycles. The number of ether oxygens (including phenoxy) is 1. The molecule has 0 heterocycles. The van der Waals surface area contributed by atoms with Gasteiger partial charge in [-0.1, -0.05) is 11.6 Å². The van der Waals surface area contributed by atoms with Crippen molar-refractivity contribution >= 4 is 46.5 Å². The Bertz CT molecular complexity index is 843. The van der Waals surface area contributed by atoms with Crippen molar-refractivity contribution in [3.05, 3.63) is 58.4 Å². The van der Waals surface area contributed by atoms with Gasteiger partial charge in [-0.15, -0.1) is 0 Å². The molecular formula is C16H12ClFN2O4S. The molecular weight excluding hydrogens is 371 g/mol. The van der Waals surface area contributed by atoms with Gasteiger partial charge in [0.25, 0.3) is 5.91 Å². The Morgan fingerprint density at radius 1 is 1.20 bits per heavy atom. The van der Waals surface area contributed by atoms with Crippen LogP contribution < -0.4 is 15.4 Å². The Morgan fingerprint density at radius 2 is 1.84 bits per heavy atom. The number of amides is 1. The third-order valence-corrected chi connectivity index (χ3v) is 3.56. The number of halogens is 2. The zero-order valence-electron chi connectivity index (χ0n) is 12.8. The maximum atomic E-state index is 12.9. The summed E-state index contributed by atoms with van der Waals surface area (Å²) in [6, 6.07) is 7.39. The number of aromatic carboxylic acids is 1. The summed E-state index contributed by atoms with van der Waals surface area (Å²) in [4.78, 5) is 23.2. The SMILES string of the molecule is COc1c(Cl)cc(C(=O)O)cc1NC(=S)NC(=O)c1ccc(F)cc1. The van der Waals surface area contributed by atoms with Crippen LogP contribution in [0.5, 0.6) is 5.75 Å². The molecule has 0 atom stereocenters. The molecule has 0 spiro atoms. The van der Waals surface area contributed by atoms with E-state index in [4.69, 9.17) is 33.7 Å². The molecule has 0 saturated heterocycles. The van der Waals surface area contributed by atoms with Gasteiger partial charge in [-0.05, 0) is 48.6 Å². The Labute approximate surface area is 152 Å². The normalized spacial score (nSPS) is 10.0. The number of hydrogen-bond acceptors (Lipinski definition) is 4. The van der Waals surface area contributed by atoms with Gasteiger partial charge < -0.3 is 15.2 Å². The van der Waals surface area contributed by atoms with Crippen molar-refractivity contribution in [2.75, 3.05) is 12.4 Å². The Balaban J connectivity index is 2.18. The van der Waals surface area contributed by atoms with Gasteiger partial charge in [-0.25, -0.2) is 9.18 Å². The lowest BCUT2D eigenvalue weighted by Crippen LogP contribution is -2.34. The number of rotatable bonds is 4. The summed E-state index contributed by atoms with van der Waals surface area (Å²) in [6.07, 6.45) is 0. The molecule has 0 saturated carbocycles. The minimum atomic E-state index is -1.19. The quantitative estimate of drug-likeness (QED) is 0.703. The molecule has 6 nitrogen and oxygen atoms in total. The summed E-state index contributed by atoms with van der Waals surface area (Å²) < 4.78 is 18.0. The van der Waals surface area contributed by atoms with Crippen LogP contribution in [0.2, 0.25) is 5.02 Å². The molecule has 0 fully saturated rings. The summed E-state index contributed by atoms with van der Waals surface area (Å²) in [7, 11) is 1.35. The smallest absolute Gasteiger partial charge is 0.335 e. The van der Waals surface area contributed by atoms with E-state index in [1.165, 1.54) is 31.4 Å². The molecule has 0 bridgehead atoms. The lowest BCUT2D eigenvalue weighted by Gasteiger charge is -2.14. The van der Waals surface area contributed by atoms with Crippen LogP contribution in [0.1, 0.15) is 20.7 Å². The number of hydrogen-bond donors (Lipinski definition) is 3. The van der Waals surface area contributed by atoms with E-state index in [1.54, 1.807) is 0 Å². The molecule has 0 aromatic heterocycles. The molecule has 2 aromatic carbocycles. The lowest BCUT2D eigenvalue weighted by molar-refractivity contribution is 0.0696. The monoisotopic (exact) mass is 382 g/mol. The lowest BCUT2D eigenvalue weighted by atomic mass is 10.2. The first-order chi connectivity index (χ1) is 11.8. The van der Waals surface area contributed by atoms with Crippen LogP contribution in [0.3, 0.4) is 0 Å². The number of carbonyl (C=O) groups is 2. The first-order valence-electron chi connectivity index (χ1n) is 6.80. The van der Waals surface area contributed by atoms with Gasteiger partial charge in [-0.3, -0.25) is 10.1 Å². The van der Waals surface area contributed by atoms with E-state index in [0.29, 0.717) is 0 Å². The third-order valence-electron chi connectivity index (χ3n) is 3.08. The molecule has 25 heavy (non-hydrogen) atoms. The molecule has 2 aromatic rings. The van der Waals surface area contributed by atoms with Crippen LogP contribution in [0.4, 0.5) is 10.1 Å². The maximum Gasteiger partial charge on any atom is 0.335 e. The highest BCUT2D eigenvalue weighted by Gasteiger charge is 2.16. The van der Waals surface area contributed by atoms with E-state index in [-0.39, 0.29) is 32.7 Å². The number of carboxylic acids is 1. The zero-order valence-corrected chi connectivity index (χ0v) is 14.4. The second-order valence-corrected chi connectivity index (χ2v) is 5.57. The van der Waals surface area contributed by atoms with E-state index < -0.39 is 17.7 Å².